The smallest absolute Gasteiger partial charge is 0.0991 e. The van der Waals surface area contributed by atoms with Gasteiger partial charge in [-0.25, -0.2) is 0 Å². The van der Waals surface area contributed by atoms with Crippen molar-refractivity contribution in [1.29, 1.82) is 5.26 Å². The molecule has 0 radical (unpaired) electrons. The molecule has 0 heterocycles. The molecule has 18 heavy (non-hydrogen) atoms. The fraction of sp³-hybridized carbons (Fsp3) is 0.118. The topological polar surface area (TPSA) is 23.8 Å². The summed E-state index contributed by atoms with van der Waals surface area (Å²) < 4.78 is 0. The van der Waals surface area contributed by atoms with E-state index in [0.29, 0.717) is 5.56 Å². The molecule has 0 aliphatic rings. The SMILES string of the molecule is CC/C(=C/c1ccc(C#N)cc1)c1ccccc1. The highest BCUT2D eigenvalue weighted by Gasteiger charge is 1.99. The molecule has 88 valence electrons. The molecule has 0 unspecified atom stereocenters. The first-order valence-corrected chi connectivity index (χ1v) is 6.09. The Morgan fingerprint density at radius 1 is 1.06 bits per heavy atom. The van der Waals surface area contributed by atoms with Gasteiger partial charge in [0.15, 0.2) is 0 Å². The lowest BCUT2D eigenvalue weighted by Gasteiger charge is -2.05. The molecule has 0 spiro atoms. The summed E-state index contributed by atoms with van der Waals surface area (Å²) in [5.41, 5.74) is 4.39. The highest BCUT2D eigenvalue weighted by Crippen LogP contribution is 2.21. The van der Waals surface area contributed by atoms with Crippen LogP contribution in [0.4, 0.5) is 0 Å². The van der Waals surface area contributed by atoms with Crippen LogP contribution in [0.1, 0.15) is 30.0 Å². The van der Waals surface area contributed by atoms with E-state index in [0.717, 1.165) is 12.0 Å². The highest BCUT2D eigenvalue weighted by molar-refractivity contribution is 5.81. The van der Waals surface area contributed by atoms with Gasteiger partial charge in [0.25, 0.3) is 0 Å². The molecule has 0 saturated heterocycles. The van der Waals surface area contributed by atoms with Crippen LogP contribution in [0.2, 0.25) is 0 Å². The number of nitriles is 1. The van der Waals surface area contributed by atoms with Gasteiger partial charge in [-0.3, -0.25) is 0 Å². The normalized spacial score (nSPS) is 11.0. The molecule has 2 aromatic rings. The number of benzene rings is 2. The molecule has 0 aliphatic carbocycles. The largest absolute Gasteiger partial charge is 0.192 e. The minimum absolute atomic E-state index is 0.699. The van der Waals surface area contributed by atoms with Gasteiger partial charge < -0.3 is 0 Å². The molecule has 2 aromatic carbocycles. The van der Waals surface area contributed by atoms with Gasteiger partial charge in [0.1, 0.15) is 0 Å². The Kier molecular flexibility index (Phi) is 3.94. The van der Waals surface area contributed by atoms with Crippen molar-refractivity contribution in [1.82, 2.24) is 0 Å². The van der Waals surface area contributed by atoms with E-state index in [2.05, 4.69) is 43.3 Å². The number of allylic oxidation sites excluding steroid dienone is 1. The van der Waals surface area contributed by atoms with Crippen molar-refractivity contribution in [3.8, 4) is 6.07 Å². The van der Waals surface area contributed by atoms with Crippen LogP contribution in [0.15, 0.2) is 54.6 Å². The van der Waals surface area contributed by atoms with Crippen molar-refractivity contribution in [2.24, 2.45) is 0 Å². The summed E-state index contributed by atoms with van der Waals surface area (Å²) >= 11 is 0. The van der Waals surface area contributed by atoms with E-state index in [1.165, 1.54) is 11.1 Å². The summed E-state index contributed by atoms with van der Waals surface area (Å²) in [6.45, 7) is 2.16. The molecule has 0 aliphatic heterocycles. The quantitative estimate of drug-likeness (QED) is 0.715. The van der Waals surface area contributed by atoms with E-state index in [9.17, 15) is 0 Å². The Bertz CT molecular complexity index is 571. The van der Waals surface area contributed by atoms with Crippen molar-refractivity contribution >= 4 is 11.6 Å². The first-order valence-electron chi connectivity index (χ1n) is 6.09. The lowest BCUT2D eigenvalue weighted by molar-refractivity contribution is 1.25. The van der Waals surface area contributed by atoms with Gasteiger partial charge in [-0.05, 0) is 35.3 Å². The van der Waals surface area contributed by atoms with Gasteiger partial charge in [-0.15, -0.1) is 0 Å². The monoisotopic (exact) mass is 233 g/mol. The second kappa shape index (κ2) is 5.84. The summed E-state index contributed by atoms with van der Waals surface area (Å²) in [6, 6.07) is 20.2. The molecule has 0 atom stereocenters. The zero-order valence-electron chi connectivity index (χ0n) is 10.4. The summed E-state index contributed by atoms with van der Waals surface area (Å²) in [5.74, 6) is 0. The van der Waals surface area contributed by atoms with Crippen LogP contribution in [0.5, 0.6) is 0 Å². The molecule has 0 amide bonds. The molecule has 0 fully saturated rings. The second-order valence-electron chi connectivity index (χ2n) is 4.12. The van der Waals surface area contributed by atoms with Crippen LogP contribution in [0.25, 0.3) is 11.6 Å². The van der Waals surface area contributed by atoms with Crippen molar-refractivity contribution < 1.29 is 0 Å². The predicted molar refractivity (Wildman–Crippen MR) is 75.8 cm³/mol. The Labute approximate surface area is 108 Å². The fourth-order valence-corrected chi connectivity index (χ4v) is 1.90. The maximum absolute atomic E-state index is 8.77. The van der Waals surface area contributed by atoms with Gasteiger partial charge in [0.05, 0.1) is 11.6 Å². The zero-order chi connectivity index (χ0) is 12.8. The van der Waals surface area contributed by atoms with Crippen LogP contribution in [-0.4, -0.2) is 0 Å². The molecule has 0 N–H and O–H groups in total. The molecular weight excluding hydrogens is 218 g/mol. The zero-order valence-corrected chi connectivity index (χ0v) is 10.4. The van der Waals surface area contributed by atoms with Crippen LogP contribution in [0, 0.1) is 11.3 Å². The minimum Gasteiger partial charge on any atom is -0.192 e. The predicted octanol–water partition coefficient (Wildman–Crippen LogP) is 4.51. The van der Waals surface area contributed by atoms with Gasteiger partial charge in [0.2, 0.25) is 0 Å². The van der Waals surface area contributed by atoms with E-state index in [1.807, 2.05) is 30.3 Å². The second-order valence-corrected chi connectivity index (χ2v) is 4.12. The third-order valence-electron chi connectivity index (χ3n) is 2.91. The average molecular weight is 233 g/mol. The first-order chi connectivity index (χ1) is 8.83. The van der Waals surface area contributed by atoms with E-state index >= 15 is 0 Å². The van der Waals surface area contributed by atoms with Crippen molar-refractivity contribution in [2.75, 3.05) is 0 Å². The average Bonchev–Trinajstić information content (AvgIpc) is 2.46. The van der Waals surface area contributed by atoms with Crippen LogP contribution in [-0.2, 0) is 0 Å². The number of rotatable bonds is 3. The van der Waals surface area contributed by atoms with Crippen LogP contribution >= 0.6 is 0 Å². The molecule has 0 aromatic heterocycles. The van der Waals surface area contributed by atoms with Gasteiger partial charge in [-0.2, -0.15) is 5.26 Å². The molecular formula is C17H15N. The molecule has 0 saturated carbocycles. The Morgan fingerprint density at radius 3 is 2.28 bits per heavy atom. The summed E-state index contributed by atoms with van der Waals surface area (Å²) in [7, 11) is 0. The summed E-state index contributed by atoms with van der Waals surface area (Å²) in [4.78, 5) is 0. The fourth-order valence-electron chi connectivity index (χ4n) is 1.90. The Morgan fingerprint density at radius 2 is 1.72 bits per heavy atom. The first kappa shape index (κ1) is 12.1. The molecule has 1 nitrogen and oxygen atoms in total. The standard InChI is InChI=1S/C17H15N/c1-2-16(17-6-4-3-5-7-17)12-14-8-10-15(13-18)11-9-14/h3-12H,2H2,1H3/b16-12-. The van der Waals surface area contributed by atoms with Crippen LogP contribution in [0.3, 0.4) is 0 Å². The Balaban J connectivity index is 2.32. The van der Waals surface area contributed by atoms with E-state index in [1.54, 1.807) is 0 Å². The van der Waals surface area contributed by atoms with Gasteiger partial charge in [0, 0.05) is 0 Å². The molecule has 0 bridgehead atoms. The van der Waals surface area contributed by atoms with Gasteiger partial charge >= 0.3 is 0 Å². The maximum atomic E-state index is 8.77. The van der Waals surface area contributed by atoms with Crippen molar-refractivity contribution in [3.05, 3.63) is 71.3 Å². The molecule has 2 rings (SSSR count). The van der Waals surface area contributed by atoms with E-state index < -0.39 is 0 Å². The number of nitrogens with zero attached hydrogens (tertiary/aromatic N) is 1. The van der Waals surface area contributed by atoms with Crippen molar-refractivity contribution in [3.63, 3.8) is 0 Å². The highest BCUT2D eigenvalue weighted by atomic mass is 14.2. The maximum Gasteiger partial charge on any atom is 0.0991 e. The number of hydrogen-bond donors (Lipinski definition) is 0. The van der Waals surface area contributed by atoms with E-state index in [-0.39, 0.29) is 0 Å². The Hall–Kier alpha value is -2.33. The third kappa shape index (κ3) is 2.87. The summed E-state index contributed by atoms with van der Waals surface area (Å²) in [5, 5.41) is 8.77. The lowest BCUT2D eigenvalue weighted by Crippen LogP contribution is -1.83. The minimum atomic E-state index is 0.699. The van der Waals surface area contributed by atoms with Gasteiger partial charge in [-0.1, -0.05) is 55.5 Å². The summed E-state index contributed by atoms with van der Waals surface area (Å²) in [6.07, 6.45) is 3.17. The third-order valence-corrected chi connectivity index (χ3v) is 2.91. The van der Waals surface area contributed by atoms with Crippen LogP contribution < -0.4 is 0 Å². The lowest BCUT2D eigenvalue weighted by atomic mass is 10.0. The van der Waals surface area contributed by atoms with Crippen molar-refractivity contribution in [2.45, 2.75) is 13.3 Å². The van der Waals surface area contributed by atoms with E-state index in [4.69, 9.17) is 5.26 Å². The molecule has 1 heteroatoms. The number of hydrogen-bond acceptors (Lipinski definition) is 1.